The van der Waals surface area contributed by atoms with E-state index in [1.165, 1.54) is 6.07 Å². The number of nitrogens with one attached hydrogen (secondary N) is 1. The minimum absolute atomic E-state index is 0.0373. The van der Waals surface area contributed by atoms with Crippen LogP contribution < -0.4 is 15.6 Å². The van der Waals surface area contributed by atoms with Crippen molar-refractivity contribution in [1.29, 1.82) is 0 Å². The number of carbonyl (C=O) groups excluding carboxylic acids is 1. The molecule has 2 fully saturated rings. The van der Waals surface area contributed by atoms with E-state index < -0.39 is 0 Å². The van der Waals surface area contributed by atoms with Gasteiger partial charge in [-0.1, -0.05) is 25.0 Å². The van der Waals surface area contributed by atoms with Crippen molar-refractivity contribution in [2.24, 2.45) is 0 Å². The van der Waals surface area contributed by atoms with Gasteiger partial charge >= 0.3 is 0 Å². The van der Waals surface area contributed by atoms with Crippen molar-refractivity contribution in [1.82, 2.24) is 19.4 Å². The molecule has 216 valence electrons. The first-order chi connectivity index (χ1) is 20.5. The van der Waals surface area contributed by atoms with Crippen LogP contribution in [0.5, 0.6) is 0 Å². The number of hydrogen-bond acceptors (Lipinski definition) is 9. The highest BCUT2D eigenvalue weighted by Crippen LogP contribution is 2.36. The summed E-state index contributed by atoms with van der Waals surface area (Å²) in [7, 11) is 3.54. The molecule has 11 heteroatoms. The largest absolute Gasteiger partial charge is 0.456 e. The number of benzene rings is 1. The normalized spacial score (nSPS) is 16.0. The van der Waals surface area contributed by atoms with Crippen LogP contribution >= 0.6 is 0 Å². The van der Waals surface area contributed by atoms with Gasteiger partial charge in [0.15, 0.2) is 11.5 Å². The average Bonchev–Trinajstić information content (AvgIpc) is 3.76. The molecule has 5 heterocycles. The van der Waals surface area contributed by atoms with Gasteiger partial charge in [0.05, 0.1) is 24.8 Å². The number of hydrogen-bond donors (Lipinski definition) is 1. The molecular formula is C31H32N6O5. The Kier molecular flexibility index (Phi) is 6.66. The molecule has 0 bridgehead atoms. The number of furan rings is 1. The van der Waals surface area contributed by atoms with Gasteiger partial charge in [-0.2, -0.15) is 4.98 Å². The molecule has 1 aliphatic carbocycles. The summed E-state index contributed by atoms with van der Waals surface area (Å²) in [5.41, 5.74) is 4.16. The Bertz CT molecular complexity index is 1820. The second-order valence-corrected chi connectivity index (χ2v) is 11.1. The van der Waals surface area contributed by atoms with Gasteiger partial charge in [0, 0.05) is 50.5 Å². The van der Waals surface area contributed by atoms with Crippen molar-refractivity contribution >= 4 is 45.6 Å². The Labute approximate surface area is 241 Å². The molecule has 1 aliphatic heterocycles. The highest BCUT2D eigenvalue weighted by molar-refractivity contribution is 5.98. The molecule has 0 unspecified atom stereocenters. The second-order valence-electron chi connectivity index (χ2n) is 11.1. The van der Waals surface area contributed by atoms with Gasteiger partial charge in [0.2, 0.25) is 17.0 Å². The summed E-state index contributed by atoms with van der Waals surface area (Å²) in [5, 5.41) is 4.14. The van der Waals surface area contributed by atoms with Crippen LogP contribution in [-0.2, 0) is 4.74 Å². The van der Waals surface area contributed by atoms with E-state index in [-0.39, 0.29) is 23.0 Å². The SMILES string of the molecule is CN(C)C(=O)c1cc2cnc(Nc3ccc(-c4coc5c(=O)cc(N6CCOCC6)oc45)cc3)nc2n1C1CCCC1. The fourth-order valence-electron chi connectivity index (χ4n) is 5.93. The summed E-state index contributed by atoms with van der Waals surface area (Å²) in [6, 6.07) is 11.3. The first-order valence-electron chi connectivity index (χ1n) is 14.3. The van der Waals surface area contributed by atoms with Crippen LogP contribution in [0.4, 0.5) is 17.5 Å². The number of ether oxygens (including phenoxy) is 1. The third kappa shape index (κ3) is 4.69. The standard InChI is InChI=1S/C31H32N6O5/c1-35(2)30(39)24-15-20-17-32-31(34-29(20)37(24)22-5-3-4-6-22)33-21-9-7-19(8-10-21)23-18-41-28-25(38)16-26(42-27(23)28)36-11-13-40-14-12-36/h7-10,15-18,22H,3-6,11-14H2,1-2H3,(H,32,33,34). The van der Waals surface area contributed by atoms with Crippen molar-refractivity contribution in [3.8, 4) is 11.1 Å². The van der Waals surface area contributed by atoms with E-state index in [0.29, 0.717) is 55.0 Å². The lowest BCUT2D eigenvalue weighted by Crippen LogP contribution is -2.36. The first kappa shape index (κ1) is 26.3. The van der Waals surface area contributed by atoms with Crippen molar-refractivity contribution in [2.75, 3.05) is 50.6 Å². The van der Waals surface area contributed by atoms with E-state index in [9.17, 15) is 9.59 Å². The highest BCUT2D eigenvalue weighted by atomic mass is 16.5. The van der Waals surface area contributed by atoms with E-state index in [1.807, 2.05) is 35.2 Å². The minimum Gasteiger partial charge on any atom is -0.456 e. The lowest BCUT2D eigenvalue weighted by molar-refractivity contribution is 0.0815. The summed E-state index contributed by atoms with van der Waals surface area (Å²) < 4.78 is 19.3. The number of fused-ring (bicyclic) bond motifs is 2. The zero-order chi connectivity index (χ0) is 28.8. The van der Waals surface area contributed by atoms with Crippen molar-refractivity contribution in [3.63, 3.8) is 0 Å². The van der Waals surface area contributed by atoms with Gasteiger partial charge in [-0.25, -0.2) is 4.98 Å². The molecule has 5 aromatic rings. The maximum atomic E-state index is 13.0. The van der Waals surface area contributed by atoms with Crippen molar-refractivity contribution in [3.05, 3.63) is 64.8 Å². The molecule has 11 nitrogen and oxygen atoms in total. The molecule has 1 N–H and O–H groups in total. The van der Waals surface area contributed by atoms with Crippen LogP contribution in [-0.4, -0.2) is 65.7 Å². The van der Waals surface area contributed by atoms with Crippen molar-refractivity contribution < 1.29 is 18.4 Å². The lowest BCUT2D eigenvalue weighted by atomic mass is 10.1. The third-order valence-corrected chi connectivity index (χ3v) is 8.10. The fraction of sp³-hybridized carbons (Fsp3) is 0.355. The third-order valence-electron chi connectivity index (χ3n) is 8.10. The predicted octanol–water partition coefficient (Wildman–Crippen LogP) is 5.19. The average molecular weight is 569 g/mol. The second kappa shape index (κ2) is 10.6. The van der Waals surface area contributed by atoms with Gasteiger partial charge in [0.25, 0.3) is 5.91 Å². The molecule has 7 rings (SSSR count). The first-order valence-corrected chi connectivity index (χ1v) is 14.3. The molecule has 1 aromatic carbocycles. The predicted molar refractivity (Wildman–Crippen MR) is 160 cm³/mol. The van der Waals surface area contributed by atoms with Crippen molar-refractivity contribution in [2.45, 2.75) is 31.7 Å². The summed E-state index contributed by atoms with van der Waals surface area (Å²) in [5.74, 6) is 0.929. The number of amides is 1. The fourth-order valence-corrected chi connectivity index (χ4v) is 5.93. The highest BCUT2D eigenvalue weighted by Gasteiger charge is 2.26. The molecular weight excluding hydrogens is 536 g/mol. The molecule has 2 aliphatic rings. The summed E-state index contributed by atoms with van der Waals surface area (Å²) in [6.45, 7) is 2.50. The molecule has 4 aromatic heterocycles. The van der Waals surface area contributed by atoms with Crippen LogP contribution in [0.1, 0.15) is 42.2 Å². The summed E-state index contributed by atoms with van der Waals surface area (Å²) in [6.07, 6.45) is 7.67. The quantitative estimate of drug-likeness (QED) is 0.295. The number of carbonyl (C=O) groups is 1. The van der Waals surface area contributed by atoms with Gasteiger partial charge in [-0.15, -0.1) is 0 Å². The Morgan fingerprint density at radius 2 is 1.81 bits per heavy atom. The number of anilines is 3. The van der Waals surface area contributed by atoms with E-state index in [4.69, 9.17) is 18.6 Å². The molecule has 42 heavy (non-hydrogen) atoms. The molecule has 0 spiro atoms. The zero-order valence-corrected chi connectivity index (χ0v) is 23.6. The number of rotatable bonds is 6. The maximum Gasteiger partial charge on any atom is 0.270 e. The van der Waals surface area contributed by atoms with Crippen LogP contribution in [0.2, 0.25) is 0 Å². The molecule has 0 radical (unpaired) electrons. The van der Waals surface area contributed by atoms with Gasteiger partial charge in [-0.3, -0.25) is 9.59 Å². The zero-order valence-electron chi connectivity index (χ0n) is 23.6. The maximum absolute atomic E-state index is 13.0. The Morgan fingerprint density at radius 3 is 2.55 bits per heavy atom. The Balaban J connectivity index is 1.18. The Morgan fingerprint density at radius 1 is 1.05 bits per heavy atom. The molecule has 0 atom stereocenters. The summed E-state index contributed by atoms with van der Waals surface area (Å²) in [4.78, 5) is 38.7. The van der Waals surface area contributed by atoms with E-state index >= 15 is 0 Å². The summed E-state index contributed by atoms with van der Waals surface area (Å²) >= 11 is 0. The van der Waals surface area contributed by atoms with Crippen LogP contribution in [0, 0.1) is 0 Å². The topological polar surface area (TPSA) is 119 Å². The van der Waals surface area contributed by atoms with Crippen LogP contribution in [0.15, 0.2) is 62.5 Å². The van der Waals surface area contributed by atoms with Gasteiger partial charge in [0.1, 0.15) is 17.6 Å². The van der Waals surface area contributed by atoms with Gasteiger partial charge in [-0.05, 0) is 36.6 Å². The number of aromatic nitrogens is 3. The lowest BCUT2D eigenvalue weighted by Gasteiger charge is -2.26. The number of morpholine rings is 1. The molecule has 1 saturated carbocycles. The molecule has 1 amide bonds. The van der Waals surface area contributed by atoms with E-state index in [0.717, 1.165) is 48.0 Å². The molecule has 1 saturated heterocycles. The Hall–Kier alpha value is -4.64. The smallest absolute Gasteiger partial charge is 0.270 e. The monoisotopic (exact) mass is 568 g/mol. The minimum atomic E-state index is -0.215. The van der Waals surface area contributed by atoms with E-state index in [1.54, 1.807) is 31.5 Å². The van der Waals surface area contributed by atoms with Crippen LogP contribution in [0.25, 0.3) is 33.3 Å². The van der Waals surface area contributed by atoms with Gasteiger partial charge < -0.3 is 33.3 Å². The van der Waals surface area contributed by atoms with E-state index in [2.05, 4.69) is 14.9 Å². The number of nitrogens with zero attached hydrogens (tertiary/aromatic N) is 5. The van der Waals surface area contributed by atoms with Crippen LogP contribution in [0.3, 0.4) is 0 Å².